The second-order valence-corrected chi connectivity index (χ2v) is 7.53. The third-order valence-electron chi connectivity index (χ3n) is 3.40. The van der Waals surface area contributed by atoms with E-state index < -0.39 is 29.5 Å². The highest BCUT2D eigenvalue weighted by molar-refractivity contribution is 7.98. The number of aliphatic hydroxyl groups is 1. The molecule has 0 bridgehead atoms. The lowest BCUT2D eigenvalue weighted by molar-refractivity contribution is -0.137. The topological polar surface area (TPSA) is 58.6 Å². The molecule has 0 spiro atoms. The summed E-state index contributed by atoms with van der Waals surface area (Å²) >= 11 is 1.47. The van der Waals surface area contributed by atoms with E-state index in [0.717, 1.165) is 12.1 Å². The Hall–Kier alpha value is -1.41. The van der Waals surface area contributed by atoms with E-state index in [1.54, 1.807) is 20.8 Å². The van der Waals surface area contributed by atoms with E-state index in [-0.39, 0.29) is 12.5 Å². The lowest BCUT2D eigenvalue weighted by Gasteiger charge is -2.28. The minimum absolute atomic E-state index is 0.352. The van der Waals surface area contributed by atoms with Gasteiger partial charge in [0.2, 0.25) is 0 Å². The highest BCUT2D eigenvalue weighted by atomic mass is 32.2. The molecule has 0 heterocycles. The number of halogens is 3. The molecule has 1 amide bonds. The zero-order valence-electron chi connectivity index (χ0n) is 14.7. The number of hydrogen-bond donors (Lipinski definition) is 2. The molecule has 0 fully saturated rings. The van der Waals surface area contributed by atoms with Gasteiger partial charge in [0.15, 0.2) is 0 Å². The fraction of sp³-hybridized carbons (Fsp3) is 0.588. The predicted molar refractivity (Wildman–Crippen MR) is 92.8 cm³/mol. The maximum atomic E-state index is 12.7. The number of alkyl halides is 3. The average Bonchev–Trinajstić information content (AvgIpc) is 2.48. The van der Waals surface area contributed by atoms with Crippen LogP contribution < -0.4 is 5.32 Å². The quantitative estimate of drug-likeness (QED) is 0.783. The van der Waals surface area contributed by atoms with E-state index in [1.165, 1.54) is 23.9 Å². The number of carbonyl (C=O) groups excluding carboxylic acids is 1. The van der Waals surface area contributed by atoms with Crippen molar-refractivity contribution in [3.05, 3.63) is 35.4 Å². The van der Waals surface area contributed by atoms with Gasteiger partial charge in [-0.15, -0.1) is 0 Å². The number of rotatable bonds is 6. The molecule has 25 heavy (non-hydrogen) atoms. The number of aliphatic hydroxyl groups excluding tert-OH is 1. The minimum atomic E-state index is -4.40. The van der Waals surface area contributed by atoms with Crippen LogP contribution in [-0.4, -0.2) is 41.5 Å². The van der Waals surface area contributed by atoms with Gasteiger partial charge in [-0.2, -0.15) is 24.9 Å². The first-order valence-electron chi connectivity index (χ1n) is 7.74. The average molecular weight is 379 g/mol. The maximum Gasteiger partial charge on any atom is 0.416 e. The molecule has 0 aliphatic heterocycles. The molecule has 2 atom stereocenters. The summed E-state index contributed by atoms with van der Waals surface area (Å²) in [7, 11) is 0. The van der Waals surface area contributed by atoms with Crippen LogP contribution >= 0.6 is 11.8 Å². The molecule has 0 radical (unpaired) electrons. The standard InChI is InChI=1S/C17H24F3NO3S/c1-16(2,3)24-15(23)21-14(9-22)13(10-25-4)11-5-7-12(8-6-11)17(18,19)20/h5-8,13-14,22H,9-10H2,1-4H3,(H,21,23)/t13-,14+/m0/s1. The molecule has 0 saturated heterocycles. The molecule has 1 aromatic carbocycles. The Kier molecular flexibility index (Phi) is 7.62. The first kappa shape index (κ1) is 21.6. The lowest BCUT2D eigenvalue weighted by atomic mass is 9.92. The number of hydrogen-bond acceptors (Lipinski definition) is 4. The van der Waals surface area contributed by atoms with Gasteiger partial charge in [-0.05, 0) is 44.7 Å². The highest BCUT2D eigenvalue weighted by Gasteiger charge is 2.31. The summed E-state index contributed by atoms with van der Waals surface area (Å²) in [5.41, 5.74) is -0.815. The molecule has 0 aromatic heterocycles. The summed E-state index contributed by atoms with van der Waals surface area (Å²) in [6.45, 7) is 4.80. The minimum Gasteiger partial charge on any atom is -0.444 e. The number of carbonyl (C=O) groups is 1. The molecule has 2 N–H and O–H groups in total. The van der Waals surface area contributed by atoms with Gasteiger partial charge < -0.3 is 15.2 Å². The van der Waals surface area contributed by atoms with E-state index in [1.807, 2.05) is 6.26 Å². The fourth-order valence-electron chi connectivity index (χ4n) is 2.28. The number of nitrogens with one attached hydrogen (secondary N) is 1. The Bertz CT molecular complexity index is 556. The van der Waals surface area contributed by atoms with Crippen molar-refractivity contribution in [3.8, 4) is 0 Å². The zero-order chi connectivity index (χ0) is 19.3. The molecular formula is C17H24F3NO3S. The predicted octanol–water partition coefficient (Wildman–Crippen LogP) is 4.04. The number of ether oxygens (including phenoxy) is 1. The number of thioether (sulfide) groups is 1. The first-order chi connectivity index (χ1) is 11.5. The van der Waals surface area contributed by atoms with Gasteiger partial charge in [0.05, 0.1) is 18.2 Å². The molecule has 0 saturated carbocycles. The summed E-state index contributed by atoms with van der Waals surface area (Å²) < 4.78 is 43.3. The smallest absolute Gasteiger partial charge is 0.416 e. The van der Waals surface area contributed by atoms with E-state index >= 15 is 0 Å². The third-order valence-corrected chi connectivity index (χ3v) is 4.09. The summed E-state index contributed by atoms with van der Waals surface area (Å²) in [5.74, 6) is 0.168. The number of alkyl carbamates (subject to hydrolysis) is 1. The van der Waals surface area contributed by atoms with Gasteiger partial charge in [-0.25, -0.2) is 4.79 Å². The summed E-state index contributed by atoms with van der Waals surface area (Å²) in [6, 6.07) is 4.10. The van der Waals surface area contributed by atoms with Crippen molar-refractivity contribution in [3.63, 3.8) is 0 Å². The second-order valence-electron chi connectivity index (χ2n) is 6.62. The highest BCUT2D eigenvalue weighted by Crippen LogP contribution is 2.31. The van der Waals surface area contributed by atoms with Crippen LogP contribution in [0.3, 0.4) is 0 Å². The zero-order valence-corrected chi connectivity index (χ0v) is 15.5. The molecule has 1 rings (SSSR count). The number of benzene rings is 1. The Morgan fingerprint density at radius 1 is 1.24 bits per heavy atom. The van der Waals surface area contributed by atoms with Crippen LogP contribution in [-0.2, 0) is 10.9 Å². The normalized spacial score (nSPS) is 14.7. The SMILES string of the molecule is CSC[C@@H](c1ccc(C(F)(F)F)cc1)[C@@H](CO)NC(=O)OC(C)(C)C. The molecule has 0 unspecified atom stereocenters. The van der Waals surface area contributed by atoms with Crippen LogP contribution in [0.5, 0.6) is 0 Å². The van der Waals surface area contributed by atoms with Gasteiger partial charge in [0, 0.05) is 11.7 Å². The van der Waals surface area contributed by atoms with E-state index in [2.05, 4.69) is 5.32 Å². The molecular weight excluding hydrogens is 355 g/mol. The Morgan fingerprint density at radius 3 is 2.20 bits per heavy atom. The van der Waals surface area contributed by atoms with Gasteiger partial charge in [0.25, 0.3) is 0 Å². The van der Waals surface area contributed by atoms with Crippen molar-refractivity contribution in [2.45, 2.75) is 44.5 Å². The van der Waals surface area contributed by atoms with Crippen LogP contribution in [0.25, 0.3) is 0 Å². The van der Waals surface area contributed by atoms with E-state index in [4.69, 9.17) is 4.74 Å². The lowest BCUT2D eigenvalue weighted by Crippen LogP contribution is -2.45. The molecule has 1 aromatic rings. The first-order valence-corrected chi connectivity index (χ1v) is 9.13. The van der Waals surface area contributed by atoms with Crippen LogP contribution in [0.4, 0.5) is 18.0 Å². The number of amides is 1. The van der Waals surface area contributed by atoms with Gasteiger partial charge in [-0.3, -0.25) is 0 Å². The summed E-state index contributed by atoms with van der Waals surface area (Å²) in [6.07, 6.45) is -3.23. The van der Waals surface area contributed by atoms with Crippen molar-refractivity contribution < 1.29 is 27.8 Å². The Balaban J connectivity index is 2.97. The van der Waals surface area contributed by atoms with Crippen molar-refractivity contribution in [2.24, 2.45) is 0 Å². The second kappa shape index (κ2) is 8.80. The van der Waals surface area contributed by atoms with Gasteiger partial charge >= 0.3 is 12.3 Å². The molecule has 4 nitrogen and oxygen atoms in total. The molecule has 142 valence electrons. The summed E-state index contributed by atoms with van der Waals surface area (Å²) in [4.78, 5) is 12.0. The van der Waals surface area contributed by atoms with Crippen molar-refractivity contribution >= 4 is 17.9 Å². The van der Waals surface area contributed by atoms with Crippen LogP contribution in [0.1, 0.15) is 37.8 Å². The van der Waals surface area contributed by atoms with Gasteiger partial charge in [-0.1, -0.05) is 12.1 Å². The molecule has 0 aliphatic carbocycles. The van der Waals surface area contributed by atoms with E-state index in [9.17, 15) is 23.1 Å². The van der Waals surface area contributed by atoms with Crippen LogP contribution in [0.15, 0.2) is 24.3 Å². The van der Waals surface area contributed by atoms with Crippen molar-refractivity contribution in [1.82, 2.24) is 5.32 Å². The Labute approximate surface area is 150 Å². The fourth-order valence-corrected chi connectivity index (χ4v) is 3.06. The monoisotopic (exact) mass is 379 g/mol. The molecule has 8 heteroatoms. The van der Waals surface area contributed by atoms with E-state index in [0.29, 0.717) is 11.3 Å². The van der Waals surface area contributed by atoms with Crippen molar-refractivity contribution in [2.75, 3.05) is 18.6 Å². The van der Waals surface area contributed by atoms with Crippen LogP contribution in [0.2, 0.25) is 0 Å². The van der Waals surface area contributed by atoms with Crippen molar-refractivity contribution in [1.29, 1.82) is 0 Å². The van der Waals surface area contributed by atoms with Crippen LogP contribution in [0, 0.1) is 0 Å². The third kappa shape index (κ3) is 7.15. The maximum absolute atomic E-state index is 12.7. The largest absolute Gasteiger partial charge is 0.444 e. The van der Waals surface area contributed by atoms with Gasteiger partial charge in [0.1, 0.15) is 5.60 Å². The molecule has 0 aliphatic rings. The Morgan fingerprint density at radius 2 is 1.80 bits per heavy atom. The summed E-state index contributed by atoms with van der Waals surface area (Å²) in [5, 5.41) is 12.3.